The van der Waals surface area contributed by atoms with Crippen molar-refractivity contribution in [2.75, 3.05) is 11.9 Å². The van der Waals surface area contributed by atoms with E-state index in [-0.39, 0.29) is 17.9 Å². The van der Waals surface area contributed by atoms with Gasteiger partial charge < -0.3 is 10.1 Å². The zero-order valence-corrected chi connectivity index (χ0v) is 11.3. The van der Waals surface area contributed by atoms with Crippen LogP contribution in [-0.4, -0.2) is 22.6 Å². The van der Waals surface area contributed by atoms with Gasteiger partial charge in [0.05, 0.1) is 0 Å². The largest absolute Gasteiger partial charge is 0.474 e. The Kier molecular flexibility index (Phi) is 4.67. The van der Waals surface area contributed by atoms with Gasteiger partial charge in [-0.3, -0.25) is 0 Å². The van der Waals surface area contributed by atoms with Crippen molar-refractivity contribution in [2.45, 2.75) is 51.3 Å². The van der Waals surface area contributed by atoms with Gasteiger partial charge in [-0.15, -0.1) is 0 Å². The molecule has 1 aromatic heterocycles. The van der Waals surface area contributed by atoms with Crippen LogP contribution < -0.4 is 10.1 Å². The molecule has 1 fully saturated rings. The van der Waals surface area contributed by atoms with Crippen LogP contribution in [0.3, 0.4) is 0 Å². The molecule has 7 heteroatoms. The van der Waals surface area contributed by atoms with Gasteiger partial charge in [-0.05, 0) is 32.1 Å². The van der Waals surface area contributed by atoms with Crippen LogP contribution >= 0.6 is 0 Å². The molecule has 112 valence electrons. The number of nitrogens with one attached hydrogen (secondary N) is 1. The molecule has 0 amide bonds. The number of hydrogen-bond donors (Lipinski definition) is 1. The van der Waals surface area contributed by atoms with Gasteiger partial charge >= 0.3 is 6.18 Å². The van der Waals surface area contributed by atoms with Crippen molar-refractivity contribution < 1.29 is 17.9 Å². The minimum absolute atomic E-state index is 0.00201. The fourth-order valence-electron chi connectivity index (χ4n) is 2.12. The summed E-state index contributed by atoms with van der Waals surface area (Å²) in [4.78, 5) is 7.49. The normalized spacial score (nSPS) is 16.4. The first-order chi connectivity index (χ1) is 9.49. The Bertz CT molecular complexity index is 445. The molecule has 1 saturated carbocycles. The third kappa shape index (κ3) is 3.98. The zero-order chi connectivity index (χ0) is 14.6. The Hall–Kier alpha value is -1.53. The van der Waals surface area contributed by atoms with Gasteiger partial charge in [0.2, 0.25) is 11.8 Å². The molecule has 0 bridgehead atoms. The van der Waals surface area contributed by atoms with E-state index in [1.165, 1.54) is 0 Å². The molecular weight excluding hydrogens is 271 g/mol. The van der Waals surface area contributed by atoms with E-state index in [0.29, 0.717) is 6.54 Å². The standard InChI is InChI=1S/C13H18F3N3O/c1-2-7-17-12-18-10(13(14,15)16)8-11(19-12)20-9-5-3-4-6-9/h8-9H,2-7H2,1H3,(H,17,18,19). The summed E-state index contributed by atoms with van der Waals surface area (Å²) in [6.07, 6.45) is 0.0558. The Morgan fingerprint density at radius 2 is 2.00 bits per heavy atom. The molecule has 1 aliphatic rings. The lowest BCUT2D eigenvalue weighted by molar-refractivity contribution is -0.141. The maximum absolute atomic E-state index is 12.8. The van der Waals surface area contributed by atoms with Crippen molar-refractivity contribution in [1.29, 1.82) is 0 Å². The fraction of sp³-hybridized carbons (Fsp3) is 0.692. The number of ether oxygens (including phenoxy) is 1. The summed E-state index contributed by atoms with van der Waals surface area (Å²) in [5, 5.41) is 2.77. The second-order valence-electron chi connectivity index (χ2n) is 4.86. The van der Waals surface area contributed by atoms with Gasteiger partial charge in [-0.2, -0.15) is 18.2 Å². The summed E-state index contributed by atoms with van der Waals surface area (Å²) < 4.78 is 44.0. The lowest BCUT2D eigenvalue weighted by atomic mass is 10.3. The summed E-state index contributed by atoms with van der Waals surface area (Å²) in [7, 11) is 0. The van der Waals surface area contributed by atoms with Crippen molar-refractivity contribution >= 4 is 5.95 Å². The summed E-state index contributed by atoms with van der Waals surface area (Å²) >= 11 is 0. The summed E-state index contributed by atoms with van der Waals surface area (Å²) in [5.41, 5.74) is -0.973. The number of hydrogen-bond acceptors (Lipinski definition) is 4. The van der Waals surface area contributed by atoms with Crippen LogP contribution in [0.15, 0.2) is 6.07 Å². The number of nitrogens with zero attached hydrogens (tertiary/aromatic N) is 2. The van der Waals surface area contributed by atoms with Gasteiger partial charge in [0.1, 0.15) is 6.10 Å². The van der Waals surface area contributed by atoms with E-state index < -0.39 is 11.9 Å². The lowest BCUT2D eigenvalue weighted by Gasteiger charge is -2.15. The summed E-state index contributed by atoms with van der Waals surface area (Å²) in [5.74, 6) is -0.0347. The maximum Gasteiger partial charge on any atom is 0.433 e. The van der Waals surface area contributed by atoms with E-state index >= 15 is 0 Å². The molecule has 0 unspecified atom stereocenters. The second kappa shape index (κ2) is 6.28. The molecule has 1 aliphatic carbocycles. The Morgan fingerprint density at radius 1 is 1.30 bits per heavy atom. The third-order valence-corrected chi connectivity index (χ3v) is 3.12. The molecule has 20 heavy (non-hydrogen) atoms. The number of rotatable bonds is 5. The lowest BCUT2D eigenvalue weighted by Crippen LogP contribution is -2.16. The molecule has 1 heterocycles. The average Bonchev–Trinajstić information content (AvgIpc) is 2.88. The Balaban J connectivity index is 2.19. The molecular formula is C13H18F3N3O. The summed E-state index contributed by atoms with van der Waals surface area (Å²) in [6, 6.07) is 0.870. The van der Waals surface area contributed by atoms with Crippen LogP contribution in [0.25, 0.3) is 0 Å². The monoisotopic (exact) mass is 289 g/mol. The van der Waals surface area contributed by atoms with Gasteiger partial charge in [0.15, 0.2) is 5.69 Å². The number of halogens is 3. The maximum atomic E-state index is 12.8. The smallest absolute Gasteiger partial charge is 0.433 e. The highest BCUT2D eigenvalue weighted by Gasteiger charge is 2.34. The van der Waals surface area contributed by atoms with Crippen molar-refractivity contribution in [3.63, 3.8) is 0 Å². The first-order valence-corrected chi connectivity index (χ1v) is 6.86. The first kappa shape index (κ1) is 14.9. The molecule has 2 rings (SSSR count). The SMILES string of the molecule is CCCNc1nc(OC2CCCC2)cc(C(F)(F)F)n1. The number of anilines is 1. The van der Waals surface area contributed by atoms with E-state index in [1.54, 1.807) is 0 Å². The molecule has 0 aliphatic heterocycles. The van der Waals surface area contributed by atoms with Crippen LogP contribution in [0, 0.1) is 0 Å². The van der Waals surface area contributed by atoms with Crippen molar-refractivity contribution in [3.05, 3.63) is 11.8 Å². The van der Waals surface area contributed by atoms with Crippen molar-refractivity contribution in [2.24, 2.45) is 0 Å². The molecule has 0 aromatic carbocycles. The van der Waals surface area contributed by atoms with E-state index in [2.05, 4.69) is 15.3 Å². The van der Waals surface area contributed by atoms with Gasteiger partial charge in [0, 0.05) is 12.6 Å². The average molecular weight is 289 g/mol. The highest BCUT2D eigenvalue weighted by atomic mass is 19.4. The third-order valence-electron chi connectivity index (χ3n) is 3.12. The van der Waals surface area contributed by atoms with E-state index in [0.717, 1.165) is 38.2 Å². The van der Waals surface area contributed by atoms with Crippen LogP contribution in [0.5, 0.6) is 5.88 Å². The molecule has 1 aromatic rings. The minimum atomic E-state index is -4.50. The highest BCUT2D eigenvalue weighted by molar-refractivity contribution is 5.32. The topological polar surface area (TPSA) is 47.0 Å². The minimum Gasteiger partial charge on any atom is -0.474 e. The van der Waals surface area contributed by atoms with Crippen molar-refractivity contribution in [3.8, 4) is 5.88 Å². The van der Waals surface area contributed by atoms with Gasteiger partial charge in [0.25, 0.3) is 0 Å². The highest BCUT2D eigenvalue weighted by Crippen LogP contribution is 2.31. The second-order valence-corrected chi connectivity index (χ2v) is 4.86. The molecule has 1 N–H and O–H groups in total. The zero-order valence-electron chi connectivity index (χ0n) is 11.3. The van der Waals surface area contributed by atoms with E-state index in [1.807, 2.05) is 6.92 Å². The van der Waals surface area contributed by atoms with Crippen LogP contribution in [0.1, 0.15) is 44.7 Å². The predicted molar refractivity (Wildman–Crippen MR) is 68.7 cm³/mol. The van der Waals surface area contributed by atoms with Crippen LogP contribution in [0.2, 0.25) is 0 Å². The van der Waals surface area contributed by atoms with Gasteiger partial charge in [-0.25, -0.2) is 4.98 Å². The van der Waals surface area contributed by atoms with Crippen LogP contribution in [0.4, 0.5) is 19.1 Å². The van der Waals surface area contributed by atoms with Crippen LogP contribution in [-0.2, 0) is 6.18 Å². The van der Waals surface area contributed by atoms with E-state index in [4.69, 9.17) is 4.74 Å². The quantitative estimate of drug-likeness (QED) is 0.899. The Morgan fingerprint density at radius 3 is 2.60 bits per heavy atom. The Labute approximate surface area is 115 Å². The molecule has 0 saturated heterocycles. The molecule has 4 nitrogen and oxygen atoms in total. The fourth-order valence-corrected chi connectivity index (χ4v) is 2.12. The predicted octanol–water partition coefficient (Wildman–Crippen LogP) is 3.64. The molecule has 0 atom stereocenters. The first-order valence-electron chi connectivity index (χ1n) is 6.86. The van der Waals surface area contributed by atoms with Crippen molar-refractivity contribution in [1.82, 2.24) is 9.97 Å². The van der Waals surface area contributed by atoms with Gasteiger partial charge in [-0.1, -0.05) is 6.92 Å². The number of aromatic nitrogens is 2. The molecule has 0 spiro atoms. The summed E-state index contributed by atoms with van der Waals surface area (Å²) in [6.45, 7) is 2.43. The number of alkyl halides is 3. The molecule has 0 radical (unpaired) electrons. The van der Waals surface area contributed by atoms with E-state index in [9.17, 15) is 13.2 Å².